The minimum atomic E-state index is -0.0230. The fraction of sp³-hybridized carbons (Fsp3) is 0.318. The van der Waals surface area contributed by atoms with Crippen LogP contribution in [0.1, 0.15) is 35.1 Å². The lowest BCUT2D eigenvalue weighted by Crippen LogP contribution is -2.08. The number of aromatic nitrogens is 3. The van der Waals surface area contributed by atoms with Gasteiger partial charge in [0, 0.05) is 11.6 Å². The van der Waals surface area contributed by atoms with E-state index in [1.165, 1.54) is 11.8 Å². The SMILES string of the molecule is COc1ccc(C(=O)CSc2nnc(COc3ccccc3Cl)n2C2CC2)cc1OC. The maximum atomic E-state index is 12.7. The van der Waals surface area contributed by atoms with Crippen LogP contribution >= 0.6 is 23.4 Å². The highest BCUT2D eigenvalue weighted by molar-refractivity contribution is 7.99. The number of ketones is 1. The third-order valence-corrected chi connectivity index (χ3v) is 6.13. The Morgan fingerprint density at radius 2 is 1.87 bits per heavy atom. The third-order valence-electron chi connectivity index (χ3n) is 4.88. The van der Waals surface area contributed by atoms with Gasteiger partial charge in [-0.1, -0.05) is 35.5 Å². The van der Waals surface area contributed by atoms with Gasteiger partial charge in [0.05, 0.1) is 25.0 Å². The molecular weight excluding hydrogens is 438 g/mol. The Labute approximate surface area is 189 Å². The minimum Gasteiger partial charge on any atom is -0.493 e. The van der Waals surface area contributed by atoms with E-state index in [9.17, 15) is 4.79 Å². The van der Waals surface area contributed by atoms with Gasteiger partial charge < -0.3 is 14.2 Å². The summed E-state index contributed by atoms with van der Waals surface area (Å²) in [5, 5.41) is 9.87. The van der Waals surface area contributed by atoms with Crippen LogP contribution in [0.3, 0.4) is 0 Å². The van der Waals surface area contributed by atoms with Crippen LogP contribution in [0.2, 0.25) is 5.02 Å². The summed E-state index contributed by atoms with van der Waals surface area (Å²) >= 11 is 7.54. The molecule has 31 heavy (non-hydrogen) atoms. The van der Waals surface area contributed by atoms with Crippen molar-refractivity contribution in [3.8, 4) is 17.2 Å². The fourth-order valence-electron chi connectivity index (χ4n) is 3.13. The van der Waals surface area contributed by atoms with E-state index >= 15 is 0 Å². The lowest BCUT2D eigenvalue weighted by atomic mass is 10.1. The molecule has 1 aromatic heterocycles. The number of para-hydroxylation sites is 1. The van der Waals surface area contributed by atoms with Crippen molar-refractivity contribution in [2.24, 2.45) is 0 Å². The summed E-state index contributed by atoms with van der Waals surface area (Å²) in [6.07, 6.45) is 2.13. The molecule has 1 aliphatic carbocycles. The molecule has 4 rings (SSSR count). The van der Waals surface area contributed by atoms with Crippen molar-refractivity contribution in [3.63, 3.8) is 0 Å². The Kier molecular flexibility index (Phi) is 6.67. The molecule has 1 fully saturated rings. The third kappa shape index (κ3) is 4.97. The molecule has 0 radical (unpaired) electrons. The summed E-state index contributed by atoms with van der Waals surface area (Å²) in [6, 6.07) is 12.8. The van der Waals surface area contributed by atoms with Crippen LogP contribution in [0.4, 0.5) is 0 Å². The van der Waals surface area contributed by atoms with Crippen molar-refractivity contribution in [1.29, 1.82) is 0 Å². The van der Waals surface area contributed by atoms with Gasteiger partial charge >= 0.3 is 0 Å². The average Bonchev–Trinajstić information content (AvgIpc) is 3.56. The number of rotatable bonds is 10. The molecule has 0 saturated heterocycles. The zero-order valence-electron chi connectivity index (χ0n) is 17.2. The summed E-state index contributed by atoms with van der Waals surface area (Å²) in [4.78, 5) is 12.7. The standard InChI is InChI=1S/C22H22ClN3O4S/c1-28-19-10-7-14(11-20(19)29-2)17(27)13-31-22-25-24-21(26(22)15-8-9-15)12-30-18-6-4-3-5-16(18)23/h3-7,10-11,15H,8-9,12-13H2,1-2H3. The summed E-state index contributed by atoms with van der Waals surface area (Å²) in [7, 11) is 3.11. The molecule has 0 amide bonds. The minimum absolute atomic E-state index is 0.0230. The highest BCUT2D eigenvalue weighted by atomic mass is 35.5. The lowest BCUT2D eigenvalue weighted by Gasteiger charge is -2.11. The summed E-state index contributed by atoms with van der Waals surface area (Å²) < 4.78 is 18.4. The van der Waals surface area contributed by atoms with Crippen LogP contribution in [-0.4, -0.2) is 40.5 Å². The van der Waals surface area contributed by atoms with Crippen LogP contribution in [-0.2, 0) is 6.61 Å². The number of Topliss-reactive ketones (excluding diaryl/α,β-unsaturated/α-hetero) is 1. The number of hydrogen-bond acceptors (Lipinski definition) is 7. The van der Waals surface area contributed by atoms with E-state index in [1.807, 2.05) is 18.2 Å². The van der Waals surface area contributed by atoms with E-state index < -0.39 is 0 Å². The Morgan fingerprint density at radius 1 is 1.10 bits per heavy atom. The van der Waals surface area contributed by atoms with Crippen LogP contribution in [0, 0.1) is 0 Å². The first-order chi connectivity index (χ1) is 15.1. The molecule has 3 aromatic rings. The number of carbonyl (C=O) groups excluding carboxylic acids is 1. The van der Waals surface area contributed by atoms with E-state index in [-0.39, 0.29) is 18.1 Å². The van der Waals surface area contributed by atoms with Crippen molar-refractivity contribution >= 4 is 29.1 Å². The number of ether oxygens (including phenoxy) is 3. The van der Waals surface area contributed by atoms with E-state index in [0.717, 1.165) is 18.7 Å². The Balaban J connectivity index is 1.44. The van der Waals surface area contributed by atoms with E-state index in [4.69, 9.17) is 25.8 Å². The van der Waals surface area contributed by atoms with Crippen LogP contribution in [0.15, 0.2) is 47.6 Å². The average molecular weight is 460 g/mol. The first-order valence-electron chi connectivity index (χ1n) is 9.80. The molecule has 2 aromatic carbocycles. The predicted molar refractivity (Wildman–Crippen MR) is 119 cm³/mol. The van der Waals surface area contributed by atoms with E-state index in [0.29, 0.717) is 39.0 Å². The van der Waals surface area contributed by atoms with Gasteiger partial charge in [-0.15, -0.1) is 10.2 Å². The second kappa shape index (κ2) is 9.62. The Bertz CT molecular complexity index is 1080. The zero-order chi connectivity index (χ0) is 21.8. The zero-order valence-corrected chi connectivity index (χ0v) is 18.8. The van der Waals surface area contributed by atoms with Gasteiger partial charge in [0.15, 0.2) is 28.3 Å². The maximum absolute atomic E-state index is 12.7. The second-order valence-corrected chi connectivity index (χ2v) is 8.35. The topological polar surface area (TPSA) is 75.5 Å². The summed E-state index contributed by atoms with van der Waals surface area (Å²) in [5.74, 6) is 2.66. The van der Waals surface area contributed by atoms with Gasteiger partial charge in [0.1, 0.15) is 12.4 Å². The van der Waals surface area contributed by atoms with Gasteiger partial charge in [0.25, 0.3) is 0 Å². The van der Waals surface area contributed by atoms with Crippen molar-refractivity contribution in [2.45, 2.75) is 30.6 Å². The van der Waals surface area contributed by atoms with Crippen molar-refractivity contribution in [3.05, 3.63) is 58.9 Å². The lowest BCUT2D eigenvalue weighted by molar-refractivity contribution is 0.102. The molecule has 0 bridgehead atoms. The molecule has 0 spiro atoms. The van der Waals surface area contributed by atoms with Crippen LogP contribution in [0.25, 0.3) is 0 Å². The van der Waals surface area contributed by atoms with Gasteiger partial charge in [-0.2, -0.15) is 0 Å². The normalized spacial score (nSPS) is 13.1. The molecule has 9 heteroatoms. The smallest absolute Gasteiger partial charge is 0.192 e. The van der Waals surface area contributed by atoms with Crippen LogP contribution in [0.5, 0.6) is 17.2 Å². The van der Waals surface area contributed by atoms with Crippen LogP contribution < -0.4 is 14.2 Å². The Hall–Kier alpha value is -2.71. The molecule has 1 aliphatic rings. The summed E-state index contributed by atoms with van der Waals surface area (Å²) in [6.45, 7) is 0.261. The Morgan fingerprint density at radius 3 is 2.58 bits per heavy atom. The van der Waals surface area contributed by atoms with Crippen molar-refractivity contribution in [2.75, 3.05) is 20.0 Å². The molecular formula is C22H22ClN3O4S. The molecule has 0 atom stereocenters. The van der Waals surface area contributed by atoms with Gasteiger partial charge in [-0.05, 0) is 43.2 Å². The number of thioether (sulfide) groups is 1. The molecule has 162 valence electrons. The number of benzene rings is 2. The van der Waals surface area contributed by atoms with Crippen molar-refractivity contribution in [1.82, 2.24) is 14.8 Å². The maximum Gasteiger partial charge on any atom is 0.192 e. The monoisotopic (exact) mass is 459 g/mol. The van der Waals surface area contributed by atoms with Gasteiger partial charge in [0.2, 0.25) is 0 Å². The quantitative estimate of drug-likeness (QED) is 0.317. The van der Waals surface area contributed by atoms with Gasteiger partial charge in [-0.25, -0.2) is 0 Å². The molecule has 0 unspecified atom stereocenters. The number of carbonyl (C=O) groups is 1. The number of nitrogens with zero attached hydrogens (tertiary/aromatic N) is 3. The molecule has 1 heterocycles. The first-order valence-corrected chi connectivity index (χ1v) is 11.2. The number of halogens is 1. The molecule has 0 N–H and O–H groups in total. The van der Waals surface area contributed by atoms with Crippen molar-refractivity contribution < 1.29 is 19.0 Å². The van der Waals surface area contributed by atoms with E-state index in [1.54, 1.807) is 38.5 Å². The summed E-state index contributed by atoms with van der Waals surface area (Å²) in [5.41, 5.74) is 0.560. The molecule has 0 aliphatic heterocycles. The van der Waals surface area contributed by atoms with E-state index in [2.05, 4.69) is 14.8 Å². The second-order valence-electron chi connectivity index (χ2n) is 7.00. The number of methoxy groups -OCH3 is 2. The predicted octanol–water partition coefficient (Wildman–Crippen LogP) is 4.84. The number of hydrogen-bond donors (Lipinski definition) is 0. The highest BCUT2D eigenvalue weighted by Crippen LogP contribution is 2.39. The molecule has 1 saturated carbocycles. The fourth-order valence-corrected chi connectivity index (χ4v) is 4.24. The molecule has 7 nitrogen and oxygen atoms in total. The van der Waals surface area contributed by atoms with Gasteiger partial charge in [-0.3, -0.25) is 9.36 Å². The first kappa shape index (κ1) is 21.5. The highest BCUT2D eigenvalue weighted by Gasteiger charge is 2.30. The largest absolute Gasteiger partial charge is 0.493 e.